The molecule has 1 saturated heterocycles. The van der Waals surface area contributed by atoms with Gasteiger partial charge in [0.25, 0.3) is 5.91 Å². The van der Waals surface area contributed by atoms with Crippen LogP contribution in [-0.4, -0.2) is 40.6 Å². The Labute approximate surface area is 107 Å². The maximum Gasteiger partial charge on any atom is 0.272 e. The van der Waals surface area contributed by atoms with Gasteiger partial charge >= 0.3 is 0 Å². The second-order valence-corrected chi connectivity index (χ2v) is 4.75. The topological polar surface area (TPSA) is 79.5 Å². The van der Waals surface area contributed by atoms with Gasteiger partial charge in [-0.05, 0) is 37.3 Å². The van der Waals surface area contributed by atoms with Gasteiger partial charge in [0.2, 0.25) is 0 Å². The van der Waals surface area contributed by atoms with E-state index in [2.05, 4.69) is 4.98 Å². The fourth-order valence-electron chi connectivity index (χ4n) is 2.39. The molecule has 2 rings (SSSR count). The molecule has 1 aromatic rings. The third-order valence-electron chi connectivity index (χ3n) is 3.35. The molecule has 1 aliphatic rings. The highest BCUT2D eigenvalue weighted by Crippen LogP contribution is 2.20. The monoisotopic (exact) mass is 249 g/mol. The minimum absolute atomic E-state index is 0.0649. The number of anilines is 1. The number of aromatic nitrogens is 1. The summed E-state index contributed by atoms with van der Waals surface area (Å²) in [6, 6.07) is 3.28. The average Bonchev–Trinajstić information content (AvgIpc) is 2.39. The molecule has 1 unspecified atom stereocenters. The normalized spacial score (nSPS) is 19.8. The van der Waals surface area contributed by atoms with Crippen molar-refractivity contribution >= 4 is 11.6 Å². The van der Waals surface area contributed by atoms with E-state index >= 15 is 0 Å². The number of aliphatic hydroxyl groups is 1. The lowest BCUT2D eigenvalue weighted by Crippen LogP contribution is -2.40. The van der Waals surface area contributed by atoms with Gasteiger partial charge in [0.05, 0.1) is 0 Å². The SMILES string of the molecule is Nc1ccnc(C(=O)N2CCCC(CCO)C2)c1. The first-order chi connectivity index (χ1) is 8.70. The Morgan fingerprint density at radius 3 is 3.17 bits per heavy atom. The van der Waals surface area contributed by atoms with Gasteiger partial charge < -0.3 is 15.7 Å². The van der Waals surface area contributed by atoms with E-state index in [1.54, 1.807) is 18.3 Å². The minimum Gasteiger partial charge on any atom is -0.399 e. The molecule has 0 radical (unpaired) electrons. The van der Waals surface area contributed by atoms with E-state index in [0.717, 1.165) is 25.8 Å². The van der Waals surface area contributed by atoms with E-state index in [1.807, 2.05) is 4.90 Å². The zero-order valence-electron chi connectivity index (χ0n) is 10.4. The molecule has 1 amide bonds. The molecule has 1 fully saturated rings. The zero-order valence-corrected chi connectivity index (χ0v) is 10.4. The first-order valence-corrected chi connectivity index (χ1v) is 6.32. The van der Waals surface area contributed by atoms with Crippen molar-refractivity contribution in [3.8, 4) is 0 Å². The Bertz CT molecular complexity index is 420. The molecule has 5 heteroatoms. The van der Waals surface area contributed by atoms with Crippen molar-refractivity contribution in [3.05, 3.63) is 24.0 Å². The van der Waals surface area contributed by atoms with Crippen molar-refractivity contribution in [2.75, 3.05) is 25.4 Å². The number of hydrogen-bond acceptors (Lipinski definition) is 4. The Kier molecular flexibility index (Phi) is 4.15. The quantitative estimate of drug-likeness (QED) is 0.834. The van der Waals surface area contributed by atoms with E-state index in [1.165, 1.54) is 0 Å². The second-order valence-electron chi connectivity index (χ2n) is 4.75. The maximum atomic E-state index is 12.2. The molecule has 98 valence electrons. The molecule has 0 spiro atoms. The standard InChI is InChI=1S/C13H19N3O2/c14-11-3-5-15-12(8-11)13(18)16-6-1-2-10(9-16)4-7-17/h3,5,8,10,17H,1-2,4,6-7,9H2,(H2,14,15). The number of piperidine rings is 1. The molecule has 5 nitrogen and oxygen atoms in total. The first-order valence-electron chi connectivity index (χ1n) is 6.32. The Morgan fingerprint density at radius 1 is 1.61 bits per heavy atom. The van der Waals surface area contributed by atoms with Crippen molar-refractivity contribution in [2.45, 2.75) is 19.3 Å². The number of aliphatic hydroxyl groups excluding tert-OH is 1. The molecule has 0 aromatic carbocycles. The van der Waals surface area contributed by atoms with Crippen molar-refractivity contribution in [2.24, 2.45) is 5.92 Å². The van der Waals surface area contributed by atoms with Crippen LogP contribution in [0.2, 0.25) is 0 Å². The molecule has 1 atom stereocenters. The number of pyridine rings is 1. The molecule has 0 aliphatic carbocycles. The highest BCUT2D eigenvalue weighted by Gasteiger charge is 2.24. The van der Waals surface area contributed by atoms with Crippen LogP contribution in [0.1, 0.15) is 29.8 Å². The van der Waals surface area contributed by atoms with Crippen LogP contribution in [0.15, 0.2) is 18.3 Å². The van der Waals surface area contributed by atoms with Crippen LogP contribution in [0.25, 0.3) is 0 Å². The molecule has 3 N–H and O–H groups in total. The van der Waals surface area contributed by atoms with Crippen LogP contribution in [0, 0.1) is 5.92 Å². The van der Waals surface area contributed by atoms with E-state index in [-0.39, 0.29) is 12.5 Å². The third kappa shape index (κ3) is 2.98. The summed E-state index contributed by atoms with van der Waals surface area (Å²) < 4.78 is 0. The lowest BCUT2D eigenvalue weighted by Gasteiger charge is -2.32. The van der Waals surface area contributed by atoms with E-state index in [4.69, 9.17) is 10.8 Å². The summed E-state index contributed by atoms with van der Waals surface area (Å²) in [7, 11) is 0. The van der Waals surface area contributed by atoms with Gasteiger partial charge in [0.15, 0.2) is 0 Å². The average molecular weight is 249 g/mol. The van der Waals surface area contributed by atoms with E-state index in [0.29, 0.717) is 23.8 Å². The van der Waals surface area contributed by atoms with Gasteiger partial charge in [-0.3, -0.25) is 9.78 Å². The molecule has 1 aromatic heterocycles. The molecule has 0 saturated carbocycles. The third-order valence-corrected chi connectivity index (χ3v) is 3.35. The van der Waals surface area contributed by atoms with Gasteiger partial charge in [-0.1, -0.05) is 0 Å². The second kappa shape index (κ2) is 5.82. The van der Waals surface area contributed by atoms with Gasteiger partial charge in [0, 0.05) is 31.6 Å². The first kappa shape index (κ1) is 12.8. The molecule has 1 aliphatic heterocycles. The summed E-state index contributed by atoms with van der Waals surface area (Å²) in [6.45, 7) is 1.65. The summed E-state index contributed by atoms with van der Waals surface area (Å²) >= 11 is 0. The van der Waals surface area contributed by atoms with Crippen molar-refractivity contribution in [1.29, 1.82) is 0 Å². The zero-order chi connectivity index (χ0) is 13.0. The van der Waals surface area contributed by atoms with Gasteiger partial charge in [-0.15, -0.1) is 0 Å². The van der Waals surface area contributed by atoms with Crippen molar-refractivity contribution in [1.82, 2.24) is 9.88 Å². The number of nitrogens with zero attached hydrogens (tertiary/aromatic N) is 2. The number of nitrogen functional groups attached to an aromatic ring is 1. The van der Waals surface area contributed by atoms with Crippen LogP contribution in [0.5, 0.6) is 0 Å². The van der Waals surface area contributed by atoms with E-state index in [9.17, 15) is 4.79 Å². The van der Waals surface area contributed by atoms with Crippen LogP contribution >= 0.6 is 0 Å². The molecule has 0 bridgehead atoms. The van der Waals surface area contributed by atoms with Crippen LogP contribution in [0.3, 0.4) is 0 Å². The summed E-state index contributed by atoms with van der Waals surface area (Å²) in [5.41, 5.74) is 6.61. The predicted molar refractivity (Wildman–Crippen MR) is 69.0 cm³/mol. The Hall–Kier alpha value is -1.62. The molecule has 2 heterocycles. The fraction of sp³-hybridized carbons (Fsp3) is 0.538. The largest absolute Gasteiger partial charge is 0.399 e. The highest BCUT2D eigenvalue weighted by molar-refractivity contribution is 5.93. The van der Waals surface area contributed by atoms with Crippen molar-refractivity contribution in [3.63, 3.8) is 0 Å². The summed E-state index contributed by atoms with van der Waals surface area (Å²) in [5, 5.41) is 8.96. The number of carbonyl (C=O) groups is 1. The number of carbonyl (C=O) groups excluding carboxylic acids is 1. The van der Waals surface area contributed by atoms with Gasteiger partial charge in [-0.25, -0.2) is 0 Å². The summed E-state index contributed by atoms with van der Waals surface area (Å²) in [4.78, 5) is 18.1. The lowest BCUT2D eigenvalue weighted by molar-refractivity contribution is 0.0648. The Balaban J connectivity index is 2.04. The van der Waals surface area contributed by atoms with Gasteiger partial charge in [-0.2, -0.15) is 0 Å². The van der Waals surface area contributed by atoms with E-state index < -0.39 is 0 Å². The fourth-order valence-corrected chi connectivity index (χ4v) is 2.39. The predicted octanol–water partition coefficient (Wildman–Crippen LogP) is 0.898. The molecular weight excluding hydrogens is 230 g/mol. The number of hydrogen-bond donors (Lipinski definition) is 2. The van der Waals surface area contributed by atoms with Gasteiger partial charge in [0.1, 0.15) is 5.69 Å². The van der Waals surface area contributed by atoms with Crippen molar-refractivity contribution < 1.29 is 9.90 Å². The minimum atomic E-state index is -0.0649. The lowest BCUT2D eigenvalue weighted by atomic mass is 9.95. The van der Waals surface area contributed by atoms with Crippen LogP contribution in [0.4, 0.5) is 5.69 Å². The van der Waals surface area contributed by atoms with Crippen LogP contribution in [-0.2, 0) is 0 Å². The highest BCUT2D eigenvalue weighted by atomic mass is 16.3. The number of rotatable bonds is 3. The number of nitrogens with two attached hydrogens (primary N) is 1. The Morgan fingerprint density at radius 2 is 2.44 bits per heavy atom. The molecule has 18 heavy (non-hydrogen) atoms. The summed E-state index contributed by atoms with van der Waals surface area (Å²) in [6.07, 6.45) is 4.37. The smallest absolute Gasteiger partial charge is 0.272 e. The summed E-state index contributed by atoms with van der Waals surface area (Å²) in [5.74, 6) is 0.332. The molecular formula is C13H19N3O2. The number of amides is 1. The van der Waals surface area contributed by atoms with Crippen LogP contribution < -0.4 is 5.73 Å². The number of likely N-dealkylation sites (tertiary alicyclic amines) is 1. The maximum absolute atomic E-state index is 12.2.